The Kier molecular flexibility index (Phi) is 10.4. The molecular weight excluding hydrogens is 640 g/mol. The highest BCUT2D eigenvalue weighted by atomic mass is 16.7. The highest BCUT2D eigenvalue weighted by Gasteiger charge is 2.50. The molecule has 0 aliphatic carbocycles. The highest BCUT2D eigenvalue weighted by molar-refractivity contribution is 5.88. The fraction of sp³-hybridized carbons (Fsp3) is 0.531. The molecule has 0 spiro atoms. The topological polar surface area (TPSA) is 269 Å². The summed E-state index contributed by atoms with van der Waals surface area (Å²) in [6, 6.07) is 4.37. The van der Waals surface area contributed by atoms with Crippen molar-refractivity contribution in [3.63, 3.8) is 0 Å². The van der Waals surface area contributed by atoms with Gasteiger partial charge in [-0.25, -0.2) is 0 Å². The van der Waals surface area contributed by atoms with Crippen LogP contribution < -0.4 is 10.2 Å². The zero-order chi connectivity index (χ0) is 35.2. The molecule has 2 aliphatic rings. The maximum atomic E-state index is 14.1. The van der Waals surface area contributed by atoms with E-state index in [0.29, 0.717) is 6.42 Å². The van der Waals surface area contributed by atoms with Gasteiger partial charge in [-0.1, -0.05) is 13.8 Å². The van der Waals surface area contributed by atoms with Gasteiger partial charge in [0.2, 0.25) is 6.29 Å². The fourth-order valence-corrected chi connectivity index (χ4v) is 5.75. The minimum Gasteiger partial charge on any atom is -0.508 e. The van der Waals surface area contributed by atoms with Gasteiger partial charge in [0.15, 0.2) is 29.0 Å². The third-order valence-electron chi connectivity index (χ3n) is 8.50. The normalized spacial score (nSPS) is 31.0. The zero-order valence-electron chi connectivity index (χ0n) is 26.2. The average molecular weight is 681 g/mol. The summed E-state index contributed by atoms with van der Waals surface area (Å²) < 4.78 is 28.6. The summed E-state index contributed by atoms with van der Waals surface area (Å²) in [6.07, 6.45) is -15.2. The lowest BCUT2D eigenvalue weighted by Crippen LogP contribution is -2.64. The Labute approximate surface area is 273 Å². The Morgan fingerprint density at radius 1 is 0.833 bits per heavy atom. The third-order valence-corrected chi connectivity index (χ3v) is 8.50. The Morgan fingerprint density at radius 2 is 1.48 bits per heavy atom. The number of phenols is 4. The summed E-state index contributed by atoms with van der Waals surface area (Å²) in [5.74, 6) is -2.79. The van der Waals surface area contributed by atoms with Crippen molar-refractivity contribution < 1.29 is 74.4 Å². The Bertz CT molecular complexity index is 1650. The summed E-state index contributed by atoms with van der Waals surface area (Å²) in [5, 5.41) is 103. The van der Waals surface area contributed by atoms with Crippen LogP contribution in [-0.4, -0.2) is 119 Å². The largest absolute Gasteiger partial charge is 0.508 e. The Hall–Kier alpha value is -3.71. The van der Waals surface area contributed by atoms with Crippen LogP contribution in [0.15, 0.2) is 33.5 Å². The molecule has 0 amide bonds. The lowest BCUT2D eigenvalue weighted by Gasteiger charge is -2.45. The second kappa shape index (κ2) is 14.0. The molecule has 2 aromatic carbocycles. The van der Waals surface area contributed by atoms with E-state index in [4.69, 9.17) is 23.4 Å². The van der Waals surface area contributed by atoms with Crippen molar-refractivity contribution in [2.24, 2.45) is 5.92 Å². The van der Waals surface area contributed by atoms with Crippen LogP contribution in [-0.2, 0) is 20.6 Å². The second-order valence-electron chi connectivity index (χ2n) is 12.5. The van der Waals surface area contributed by atoms with E-state index in [1.807, 2.05) is 13.8 Å². The molecule has 2 aliphatic heterocycles. The number of rotatable bonds is 9. The Morgan fingerprint density at radius 3 is 2.10 bits per heavy atom. The molecule has 5 rings (SSSR count). The van der Waals surface area contributed by atoms with E-state index < -0.39 is 96.4 Å². The van der Waals surface area contributed by atoms with E-state index in [0.717, 1.165) is 24.3 Å². The van der Waals surface area contributed by atoms with Crippen molar-refractivity contribution in [1.82, 2.24) is 0 Å². The predicted molar refractivity (Wildman–Crippen MR) is 163 cm³/mol. The van der Waals surface area contributed by atoms with Crippen LogP contribution in [0.5, 0.6) is 28.7 Å². The average Bonchev–Trinajstić information content (AvgIpc) is 3.03. The van der Waals surface area contributed by atoms with Crippen molar-refractivity contribution in [1.29, 1.82) is 0 Å². The van der Waals surface area contributed by atoms with Gasteiger partial charge in [-0.3, -0.25) is 4.79 Å². The maximum absolute atomic E-state index is 14.1. The summed E-state index contributed by atoms with van der Waals surface area (Å²) >= 11 is 0. The van der Waals surface area contributed by atoms with Crippen molar-refractivity contribution in [2.45, 2.75) is 95.0 Å². The molecule has 1 aromatic heterocycles. The lowest BCUT2D eigenvalue weighted by atomic mass is 9.96. The third kappa shape index (κ3) is 6.76. The van der Waals surface area contributed by atoms with Gasteiger partial charge in [0.1, 0.15) is 71.0 Å². The first-order valence-electron chi connectivity index (χ1n) is 15.3. The maximum Gasteiger partial charge on any atom is 0.229 e. The van der Waals surface area contributed by atoms with E-state index in [2.05, 4.69) is 0 Å². The molecule has 264 valence electrons. The summed E-state index contributed by atoms with van der Waals surface area (Å²) in [4.78, 5) is 14.1. The quantitative estimate of drug-likeness (QED) is 0.132. The van der Waals surface area contributed by atoms with Gasteiger partial charge in [-0.05, 0) is 37.8 Å². The molecule has 0 radical (unpaired) electrons. The minimum absolute atomic E-state index is 0.0563. The molecule has 2 saturated heterocycles. The van der Waals surface area contributed by atoms with Gasteiger partial charge in [-0.15, -0.1) is 0 Å². The van der Waals surface area contributed by atoms with Crippen LogP contribution in [0.1, 0.15) is 32.8 Å². The van der Waals surface area contributed by atoms with E-state index in [1.54, 1.807) is 0 Å². The van der Waals surface area contributed by atoms with Gasteiger partial charge >= 0.3 is 0 Å². The number of benzene rings is 2. The molecule has 10 unspecified atom stereocenters. The van der Waals surface area contributed by atoms with Gasteiger partial charge in [0, 0.05) is 23.3 Å². The zero-order valence-corrected chi connectivity index (χ0v) is 26.2. The molecule has 3 aromatic rings. The molecule has 2 fully saturated rings. The SMILES string of the molecule is CC(C)CCc1c(-c2cc(O)c(O)c(O)c2)oc2cc(O)cc(OC3OC(CO)C(OC4OC(C)C(O)C(O)C4O)C(O)C3O)c2c1=O. The smallest absolute Gasteiger partial charge is 0.229 e. The number of aliphatic hydroxyl groups is 6. The van der Waals surface area contributed by atoms with Crippen molar-refractivity contribution in [2.75, 3.05) is 6.61 Å². The van der Waals surface area contributed by atoms with Crippen LogP contribution in [0.2, 0.25) is 0 Å². The van der Waals surface area contributed by atoms with Crippen LogP contribution >= 0.6 is 0 Å². The highest BCUT2D eigenvalue weighted by Crippen LogP contribution is 2.42. The lowest BCUT2D eigenvalue weighted by molar-refractivity contribution is -0.349. The van der Waals surface area contributed by atoms with Crippen LogP contribution in [0.4, 0.5) is 0 Å². The molecule has 0 saturated carbocycles. The first-order chi connectivity index (χ1) is 22.6. The summed E-state index contributed by atoms with van der Waals surface area (Å²) in [6.45, 7) is 4.48. The van der Waals surface area contributed by atoms with Crippen LogP contribution in [0.25, 0.3) is 22.3 Å². The predicted octanol–water partition coefficient (Wildman–Crippen LogP) is -0.0985. The minimum atomic E-state index is -1.90. The molecule has 10 N–H and O–H groups in total. The summed E-state index contributed by atoms with van der Waals surface area (Å²) in [5.41, 5.74) is -0.663. The van der Waals surface area contributed by atoms with Gasteiger partial charge in [-0.2, -0.15) is 0 Å². The number of ether oxygens (including phenoxy) is 4. The number of hydrogen-bond acceptors (Lipinski definition) is 16. The summed E-state index contributed by atoms with van der Waals surface area (Å²) in [7, 11) is 0. The number of fused-ring (bicyclic) bond motifs is 1. The van der Waals surface area contributed by atoms with E-state index >= 15 is 0 Å². The fourth-order valence-electron chi connectivity index (χ4n) is 5.75. The monoisotopic (exact) mass is 680 g/mol. The molecule has 3 heterocycles. The molecule has 10 atom stereocenters. The van der Waals surface area contributed by atoms with Gasteiger partial charge in [0.05, 0.1) is 12.7 Å². The van der Waals surface area contributed by atoms with Crippen molar-refractivity contribution >= 4 is 11.0 Å². The van der Waals surface area contributed by atoms with E-state index in [-0.39, 0.29) is 45.9 Å². The first-order valence-corrected chi connectivity index (χ1v) is 15.3. The second-order valence-corrected chi connectivity index (χ2v) is 12.5. The number of phenolic OH excluding ortho intramolecular Hbond substituents is 4. The number of aliphatic hydroxyl groups excluding tert-OH is 6. The molecule has 48 heavy (non-hydrogen) atoms. The Balaban J connectivity index is 1.50. The first kappa shape index (κ1) is 35.6. The molecule has 0 bridgehead atoms. The number of hydrogen-bond donors (Lipinski definition) is 10. The van der Waals surface area contributed by atoms with E-state index in [1.165, 1.54) is 6.92 Å². The van der Waals surface area contributed by atoms with Crippen LogP contribution in [0, 0.1) is 5.92 Å². The number of aromatic hydroxyl groups is 4. The van der Waals surface area contributed by atoms with Gasteiger partial charge < -0.3 is 74.4 Å². The van der Waals surface area contributed by atoms with Crippen molar-refractivity contribution in [3.05, 3.63) is 40.1 Å². The van der Waals surface area contributed by atoms with Crippen molar-refractivity contribution in [3.8, 4) is 40.1 Å². The standard InChI is InChI=1S/C32H40O16/c1-11(2)4-5-15-23(38)21-18(45-29(15)13-6-16(35)24(39)17(36)7-13)8-14(34)9-19(21)46-32-28(43)26(41)30(20(10-33)47-32)48-31-27(42)25(40)22(37)12(3)44-31/h6-9,11-12,20,22,25-28,30-37,39-43H,4-5,10H2,1-3H3. The molecule has 16 heteroatoms. The molecule has 16 nitrogen and oxygen atoms in total. The van der Waals surface area contributed by atoms with Crippen LogP contribution in [0.3, 0.4) is 0 Å². The van der Waals surface area contributed by atoms with Gasteiger partial charge in [0.25, 0.3) is 0 Å². The molecular formula is C32H40O16. The van der Waals surface area contributed by atoms with E-state index in [9.17, 15) is 55.9 Å².